The van der Waals surface area contributed by atoms with Crippen LogP contribution in [0.5, 0.6) is 0 Å². The largest absolute Gasteiger partial charge is 0.353 e. The Balaban J connectivity index is 2.35. The van der Waals surface area contributed by atoms with Gasteiger partial charge in [-0.2, -0.15) is 0 Å². The minimum absolute atomic E-state index is 0.178. The van der Waals surface area contributed by atoms with Crippen molar-refractivity contribution in [2.75, 3.05) is 32.7 Å². The lowest BCUT2D eigenvalue weighted by Crippen LogP contribution is -2.44. The molecule has 1 aliphatic rings. The maximum atomic E-state index is 12.0. The van der Waals surface area contributed by atoms with Crippen molar-refractivity contribution in [3.05, 3.63) is 0 Å². The molecule has 1 atom stereocenters. The Morgan fingerprint density at radius 2 is 2.05 bits per heavy atom. The third-order valence-corrected chi connectivity index (χ3v) is 3.90. The van der Waals surface area contributed by atoms with Crippen LogP contribution in [0.1, 0.15) is 46.5 Å². The van der Waals surface area contributed by atoms with Gasteiger partial charge in [0, 0.05) is 12.6 Å². The first-order valence-electron chi connectivity index (χ1n) is 7.88. The van der Waals surface area contributed by atoms with E-state index in [1.807, 2.05) is 0 Å². The van der Waals surface area contributed by atoms with Gasteiger partial charge in [0.2, 0.25) is 5.91 Å². The zero-order chi connectivity index (χ0) is 14.1. The Morgan fingerprint density at radius 3 is 2.63 bits per heavy atom. The van der Waals surface area contributed by atoms with Crippen molar-refractivity contribution in [3.63, 3.8) is 0 Å². The molecule has 0 aromatic rings. The fourth-order valence-corrected chi connectivity index (χ4v) is 2.61. The Hall–Kier alpha value is -0.610. The second-order valence-corrected chi connectivity index (χ2v) is 5.81. The molecule has 0 spiro atoms. The highest BCUT2D eigenvalue weighted by molar-refractivity contribution is 5.78. The quantitative estimate of drug-likeness (QED) is 0.704. The normalized spacial score (nSPS) is 18.5. The summed E-state index contributed by atoms with van der Waals surface area (Å²) in [6.45, 7) is 11.3. The van der Waals surface area contributed by atoms with Gasteiger partial charge in [0.05, 0.1) is 6.54 Å². The van der Waals surface area contributed by atoms with E-state index in [1.54, 1.807) is 0 Å². The minimum atomic E-state index is 0.178. The van der Waals surface area contributed by atoms with Crippen LogP contribution in [0.2, 0.25) is 0 Å². The molecule has 1 unspecified atom stereocenters. The third kappa shape index (κ3) is 6.92. The molecule has 1 saturated heterocycles. The molecule has 19 heavy (non-hydrogen) atoms. The summed E-state index contributed by atoms with van der Waals surface area (Å²) in [5.74, 6) is 0.931. The van der Waals surface area contributed by atoms with Crippen LogP contribution in [-0.2, 0) is 4.79 Å². The molecule has 112 valence electrons. The molecule has 0 aromatic carbocycles. The van der Waals surface area contributed by atoms with Crippen LogP contribution in [0.3, 0.4) is 0 Å². The average Bonchev–Trinajstić information content (AvgIpc) is 2.39. The molecule has 2 N–H and O–H groups in total. The number of carbonyl (C=O) groups is 1. The molecular weight excluding hydrogens is 238 g/mol. The Morgan fingerprint density at radius 1 is 1.37 bits per heavy atom. The lowest BCUT2D eigenvalue weighted by molar-refractivity contribution is -0.123. The van der Waals surface area contributed by atoms with Crippen LogP contribution in [-0.4, -0.2) is 49.6 Å². The molecule has 1 aliphatic heterocycles. The van der Waals surface area contributed by atoms with Crippen molar-refractivity contribution in [1.29, 1.82) is 0 Å². The second-order valence-electron chi connectivity index (χ2n) is 5.81. The molecule has 0 saturated carbocycles. The number of piperidine rings is 1. The van der Waals surface area contributed by atoms with Crippen LogP contribution < -0.4 is 10.6 Å². The molecule has 0 aromatic heterocycles. The summed E-state index contributed by atoms with van der Waals surface area (Å²) in [7, 11) is 0. The van der Waals surface area contributed by atoms with Gasteiger partial charge in [-0.1, -0.05) is 13.8 Å². The molecule has 1 rings (SSSR count). The van der Waals surface area contributed by atoms with Crippen LogP contribution in [0.25, 0.3) is 0 Å². The number of carbonyl (C=O) groups excluding carboxylic acids is 1. The Kier molecular flexibility index (Phi) is 8.07. The SMILES string of the molecule is CCCN(CC(=O)NC(C)CC)CC1CCNCC1. The second kappa shape index (κ2) is 9.32. The first kappa shape index (κ1) is 16.4. The van der Waals surface area contributed by atoms with Crippen molar-refractivity contribution in [1.82, 2.24) is 15.5 Å². The summed E-state index contributed by atoms with van der Waals surface area (Å²) in [6.07, 6.45) is 4.59. The maximum absolute atomic E-state index is 12.0. The lowest BCUT2D eigenvalue weighted by atomic mass is 9.97. The van der Waals surface area contributed by atoms with E-state index in [-0.39, 0.29) is 11.9 Å². The smallest absolute Gasteiger partial charge is 0.234 e. The summed E-state index contributed by atoms with van der Waals surface area (Å²) in [4.78, 5) is 14.3. The number of hydrogen-bond acceptors (Lipinski definition) is 3. The predicted molar refractivity (Wildman–Crippen MR) is 80.2 cm³/mol. The zero-order valence-electron chi connectivity index (χ0n) is 12.9. The van der Waals surface area contributed by atoms with Gasteiger partial charge in [0.25, 0.3) is 0 Å². The fraction of sp³-hybridized carbons (Fsp3) is 0.933. The first-order chi connectivity index (χ1) is 9.15. The number of hydrogen-bond donors (Lipinski definition) is 2. The highest BCUT2D eigenvalue weighted by Gasteiger charge is 2.18. The first-order valence-corrected chi connectivity index (χ1v) is 7.88. The van der Waals surface area contributed by atoms with E-state index in [9.17, 15) is 4.79 Å². The van der Waals surface area contributed by atoms with Crippen LogP contribution in [0.4, 0.5) is 0 Å². The van der Waals surface area contributed by atoms with E-state index < -0.39 is 0 Å². The number of amides is 1. The van der Waals surface area contributed by atoms with Crippen molar-refractivity contribution in [3.8, 4) is 0 Å². The molecular formula is C15H31N3O. The standard InChI is InChI=1S/C15H31N3O/c1-4-10-18(11-14-6-8-16-9-7-14)12-15(19)17-13(3)5-2/h13-14,16H,4-12H2,1-3H3,(H,17,19). The van der Waals surface area contributed by atoms with Gasteiger partial charge >= 0.3 is 0 Å². The molecule has 0 aliphatic carbocycles. The summed E-state index contributed by atoms with van der Waals surface area (Å²) in [5.41, 5.74) is 0. The maximum Gasteiger partial charge on any atom is 0.234 e. The van der Waals surface area contributed by atoms with Gasteiger partial charge in [0.15, 0.2) is 0 Å². The highest BCUT2D eigenvalue weighted by Crippen LogP contribution is 2.13. The van der Waals surface area contributed by atoms with E-state index >= 15 is 0 Å². The zero-order valence-corrected chi connectivity index (χ0v) is 12.9. The van der Waals surface area contributed by atoms with Crippen molar-refractivity contribution in [2.45, 2.75) is 52.5 Å². The van der Waals surface area contributed by atoms with Gasteiger partial charge in [-0.05, 0) is 58.2 Å². The fourth-order valence-electron chi connectivity index (χ4n) is 2.61. The molecule has 1 amide bonds. The monoisotopic (exact) mass is 269 g/mol. The molecule has 4 nitrogen and oxygen atoms in total. The van der Waals surface area contributed by atoms with Crippen molar-refractivity contribution >= 4 is 5.91 Å². The van der Waals surface area contributed by atoms with Gasteiger partial charge in [-0.3, -0.25) is 9.69 Å². The van der Waals surface area contributed by atoms with Crippen LogP contribution in [0.15, 0.2) is 0 Å². The minimum Gasteiger partial charge on any atom is -0.353 e. The predicted octanol–water partition coefficient (Wildman–Crippen LogP) is 1.61. The van der Waals surface area contributed by atoms with Crippen molar-refractivity contribution < 1.29 is 4.79 Å². The topological polar surface area (TPSA) is 44.4 Å². The summed E-state index contributed by atoms with van der Waals surface area (Å²) < 4.78 is 0. The highest BCUT2D eigenvalue weighted by atomic mass is 16.2. The van der Waals surface area contributed by atoms with E-state index in [2.05, 4.69) is 36.3 Å². The van der Waals surface area contributed by atoms with E-state index in [0.29, 0.717) is 6.54 Å². The average molecular weight is 269 g/mol. The van der Waals surface area contributed by atoms with E-state index in [0.717, 1.165) is 44.9 Å². The molecule has 1 heterocycles. The molecule has 1 fully saturated rings. The van der Waals surface area contributed by atoms with E-state index in [4.69, 9.17) is 0 Å². The number of nitrogens with zero attached hydrogens (tertiary/aromatic N) is 1. The van der Waals surface area contributed by atoms with Gasteiger partial charge < -0.3 is 10.6 Å². The summed E-state index contributed by atoms with van der Waals surface area (Å²) >= 11 is 0. The molecule has 0 radical (unpaired) electrons. The van der Waals surface area contributed by atoms with Crippen LogP contribution >= 0.6 is 0 Å². The van der Waals surface area contributed by atoms with Gasteiger partial charge in [-0.25, -0.2) is 0 Å². The summed E-state index contributed by atoms with van der Waals surface area (Å²) in [5, 5.41) is 6.46. The van der Waals surface area contributed by atoms with Gasteiger partial charge in [0.1, 0.15) is 0 Å². The lowest BCUT2D eigenvalue weighted by Gasteiger charge is -2.29. The van der Waals surface area contributed by atoms with Gasteiger partial charge in [-0.15, -0.1) is 0 Å². The van der Waals surface area contributed by atoms with Crippen molar-refractivity contribution in [2.24, 2.45) is 5.92 Å². The Bertz CT molecular complexity index is 252. The van der Waals surface area contributed by atoms with E-state index in [1.165, 1.54) is 12.8 Å². The molecule has 0 bridgehead atoms. The Labute approximate surface area is 118 Å². The summed E-state index contributed by atoms with van der Waals surface area (Å²) in [6, 6.07) is 0.287. The molecule has 4 heteroatoms. The number of nitrogens with one attached hydrogen (secondary N) is 2. The van der Waals surface area contributed by atoms with Crippen LogP contribution in [0, 0.1) is 5.92 Å². The number of rotatable bonds is 8. The third-order valence-electron chi connectivity index (χ3n) is 3.90.